The van der Waals surface area contributed by atoms with E-state index in [1.54, 1.807) is 23.1 Å². The van der Waals surface area contributed by atoms with Gasteiger partial charge in [-0.3, -0.25) is 14.4 Å². The Bertz CT molecular complexity index is 1130. The van der Waals surface area contributed by atoms with Crippen LogP contribution in [0.25, 0.3) is 0 Å². The predicted molar refractivity (Wildman–Crippen MR) is 126 cm³/mol. The number of nitrogens with one attached hydrogen (secondary N) is 2. The van der Waals surface area contributed by atoms with E-state index < -0.39 is 17.9 Å². The molecule has 1 fully saturated rings. The van der Waals surface area contributed by atoms with E-state index in [2.05, 4.69) is 10.6 Å². The lowest BCUT2D eigenvalue weighted by Crippen LogP contribution is -2.47. The molecule has 33 heavy (non-hydrogen) atoms. The van der Waals surface area contributed by atoms with Crippen molar-refractivity contribution in [3.8, 4) is 5.75 Å². The Kier molecular flexibility index (Phi) is 6.69. The molecular weight excluding hydrogens is 418 g/mol. The summed E-state index contributed by atoms with van der Waals surface area (Å²) in [5.41, 5.74) is 1.89. The van der Waals surface area contributed by atoms with Crippen LogP contribution in [0.15, 0.2) is 84.9 Å². The van der Waals surface area contributed by atoms with Gasteiger partial charge in [0.2, 0.25) is 17.7 Å². The van der Waals surface area contributed by atoms with E-state index in [0.29, 0.717) is 0 Å². The molecule has 0 aliphatic carbocycles. The Hall–Kier alpha value is -4.13. The molecule has 3 aromatic rings. The maximum absolute atomic E-state index is 13.1. The molecule has 0 aromatic heterocycles. The standard InChI is InChI=1S/C26H25N3O4/c30-23-14-8-7-13-21(23)27-26(33)22(15-18-9-3-1-4-10-18)28-25(32)19-16-24(31)29(17-19)20-11-5-2-6-12-20/h1-14,19,22,30H,15-17H2,(H,27,33)(H,28,32)/t19?,22-/m1/s1. The molecule has 1 unspecified atom stereocenters. The van der Waals surface area contributed by atoms with Gasteiger partial charge in [-0.2, -0.15) is 0 Å². The Morgan fingerprint density at radius 1 is 0.939 bits per heavy atom. The van der Waals surface area contributed by atoms with Crippen LogP contribution in [0.3, 0.4) is 0 Å². The average Bonchev–Trinajstić information content (AvgIpc) is 3.23. The molecule has 7 heteroatoms. The summed E-state index contributed by atoms with van der Waals surface area (Å²) < 4.78 is 0. The number of hydrogen-bond donors (Lipinski definition) is 3. The van der Waals surface area contributed by atoms with Crippen molar-refractivity contribution >= 4 is 29.1 Å². The molecule has 4 rings (SSSR count). The topological polar surface area (TPSA) is 98.7 Å². The molecule has 0 spiro atoms. The number of nitrogens with zero attached hydrogens (tertiary/aromatic N) is 1. The lowest BCUT2D eigenvalue weighted by Gasteiger charge is -2.21. The first-order valence-electron chi connectivity index (χ1n) is 10.8. The molecule has 0 saturated carbocycles. The maximum atomic E-state index is 13.1. The lowest BCUT2D eigenvalue weighted by atomic mass is 10.0. The number of phenolic OH excluding ortho intramolecular Hbond substituents is 1. The summed E-state index contributed by atoms with van der Waals surface area (Å²) >= 11 is 0. The molecule has 7 nitrogen and oxygen atoms in total. The molecule has 1 heterocycles. The van der Waals surface area contributed by atoms with Crippen LogP contribution in [0.1, 0.15) is 12.0 Å². The van der Waals surface area contributed by atoms with E-state index in [-0.39, 0.29) is 42.6 Å². The molecule has 3 amide bonds. The SMILES string of the molecule is O=C(N[C@H](Cc1ccccc1)C(=O)Nc1ccccc1O)C1CC(=O)N(c2ccccc2)C1. The zero-order valence-electron chi connectivity index (χ0n) is 18.0. The second kappa shape index (κ2) is 9.99. The van der Waals surface area contributed by atoms with Gasteiger partial charge < -0.3 is 20.6 Å². The Balaban J connectivity index is 1.48. The molecule has 1 aliphatic rings. The summed E-state index contributed by atoms with van der Waals surface area (Å²) in [6.07, 6.45) is 0.356. The summed E-state index contributed by atoms with van der Waals surface area (Å²) in [5.74, 6) is -1.54. The van der Waals surface area contributed by atoms with Crippen molar-refractivity contribution in [1.82, 2.24) is 5.32 Å². The van der Waals surface area contributed by atoms with Crippen LogP contribution in [0, 0.1) is 5.92 Å². The summed E-state index contributed by atoms with van der Waals surface area (Å²) in [7, 11) is 0. The Morgan fingerprint density at radius 2 is 1.58 bits per heavy atom. The van der Waals surface area contributed by atoms with Crippen LogP contribution < -0.4 is 15.5 Å². The van der Waals surface area contributed by atoms with Gasteiger partial charge in [-0.05, 0) is 29.8 Å². The zero-order chi connectivity index (χ0) is 23.2. The minimum Gasteiger partial charge on any atom is -0.506 e. The van der Waals surface area contributed by atoms with Gasteiger partial charge in [-0.25, -0.2) is 0 Å². The van der Waals surface area contributed by atoms with Gasteiger partial charge in [0.15, 0.2) is 0 Å². The molecule has 3 aromatic carbocycles. The molecule has 0 bridgehead atoms. The van der Waals surface area contributed by atoms with Gasteiger partial charge in [0.25, 0.3) is 0 Å². The van der Waals surface area contributed by atoms with Crippen molar-refractivity contribution in [2.24, 2.45) is 5.92 Å². The summed E-state index contributed by atoms with van der Waals surface area (Å²) in [5, 5.41) is 15.5. The van der Waals surface area contributed by atoms with Crippen molar-refractivity contribution in [3.05, 3.63) is 90.5 Å². The second-order valence-electron chi connectivity index (χ2n) is 8.00. The first-order chi connectivity index (χ1) is 16.0. The van der Waals surface area contributed by atoms with Gasteiger partial charge in [0, 0.05) is 25.1 Å². The highest BCUT2D eigenvalue weighted by Crippen LogP contribution is 2.25. The van der Waals surface area contributed by atoms with Crippen molar-refractivity contribution in [1.29, 1.82) is 0 Å². The van der Waals surface area contributed by atoms with Gasteiger partial charge >= 0.3 is 0 Å². The van der Waals surface area contributed by atoms with E-state index in [4.69, 9.17) is 0 Å². The third kappa shape index (κ3) is 5.38. The smallest absolute Gasteiger partial charge is 0.247 e. The highest BCUT2D eigenvalue weighted by molar-refractivity contribution is 6.02. The predicted octanol–water partition coefficient (Wildman–Crippen LogP) is 3.11. The largest absolute Gasteiger partial charge is 0.506 e. The zero-order valence-corrected chi connectivity index (χ0v) is 18.0. The van der Waals surface area contributed by atoms with Crippen LogP contribution in [-0.2, 0) is 20.8 Å². The summed E-state index contributed by atoms with van der Waals surface area (Å²) in [4.78, 5) is 40.2. The fraction of sp³-hybridized carbons (Fsp3) is 0.192. The summed E-state index contributed by atoms with van der Waals surface area (Å²) in [6, 6.07) is 24.1. The number of para-hydroxylation sites is 3. The van der Waals surface area contributed by atoms with Crippen LogP contribution in [-0.4, -0.2) is 35.4 Å². The van der Waals surface area contributed by atoms with Crippen LogP contribution in [0.5, 0.6) is 5.75 Å². The van der Waals surface area contributed by atoms with E-state index in [9.17, 15) is 19.5 Å². The highest BCUT2D eigenvalue weighted by Gasteiger charge is 2.36. The first-order valence-corrected chi connectivity index (χ1v) is 10.8. The molecule has 3 N–H and O–H groups in total. The number of rotatable bonds is 7. The number of anilines is 2. The van der Waals surface area contributed by atoms with Crippen molar-refractivity contribution in [3.63, 3.8) is 0 Å². The van der Waals surface area contributed by atoms with E-state index >= 15 is 0 Å². The van der Waals surface area contributed by atoms with Crippen molar-refractivity contribution in [2.75, 3.05) is 16.8 Å². The maximum Gasteiger partial charge on any atom is 0.247 e. The van der Waals surface area contributed by atoms with Crippen molar-refractivity contribution < 1.29 is 19.5 Å². The van der Waals surface area contributed by atoms with E-state index in [1.807, 2.05) is 60.7 Å². The highest BCUT2D eigenvalue weighted by atomic mass is 16.3. The Morgan fingerprint density at radius 3 is 2.27 bits per heavy atom. The van der Waals surface area contributed by atoms with Gasteiger partial charge in [0.05, 0.1) is 11.6 Å². The lowest BCUT2D eigenvalue weighted by molar-refractivity contribution is -0.129. The van der Waals surface area contributed by atoms with Gasteiger partial charge in [-0.15, -0.1) is 0 Å². The van der Waals surface area contributed by atoms with E-state index in [1.165, 1.54) is 6.07 Å². The third-order valence-corrected chi connectivity index (χ3v) is 5.64. The van der Waals surface area contributed by atoms with E-state index in [0.717, 1.165) is 11.3 Å². The third-order valence-electron chi connectivity index (χ3n) is 5.64. The van der Waals surface area contributed by atoms with Gasteiger partial charge in [0.1, 0.15) is 11.8 Å². The Labute approximate surface area is 192 Å². The van der Waals surface area contributed by atoms with Crippen LogP contribution in [0.2, 0.25) is 0 Å². The number of amides is 3. The fourth-order valence-electron chi connectivity index (χ4n) is 3.89. The van der Waals surface area contributed by atoms with Crippen LogP contribution in [0.4, 0.5) is 11.4 Å². The number of phenols is 1. The molecule has 1 saturated heterocycles. The number of hydrogen-bond acceptors (Lipinski definition) is 4. The molecule has 2 atom stereocenters. The molecule has 1 aliphatic heterocycles. The number of benzene rings is 3. The second-order valence-corrected chi connectivity index (χ2v) is 8.00. The normalized spacial score (nSPS) is 16.3. The fourth-order valence-corrected chi connectivity index (χ4v) is 3.89. The number of aromatic hydroxyl groups is 1. The monoisotopic (exact) mass is 443 g/mol. The summed E-state index contributed by atoms with van der Waals surface area (Å²) in [6.45, 7) is 0.258. The minimum absolute atomic E-state index is 0.0597. The number of carbonyl (C=O) groups is 3. The molecule has 168 valence electrons. The average molecular weight is 444 g/mol. The first kappa shape index (κ1) is 22.1. The number of carbonyl (C=O) groups excluding carboxylic acids is 3. The minimum atomic E-state index is -0.875. The molecule has 0 radical (unpaired) electrons. The molecular formula is C26H25N3O4. The van der Waals surface area contributed by atoms with Crippen molar-refractivity contribution in [2.45, 2.75) is 18.9 Å². The van der Waals surface area contributed by atoms with Crippen LogP contribution >= 0.6 is 0 Å². The quantitative estimate of drug-likeness (QED) is 0.489. The van der Waals surface area contributed by atoms with Gasteiger partial charge in [-0.1, -0.05) is 60.7 Å².